The second kappa shape index (κ2) is 9.48. The highest BCUT2D eigenvalue weighted by atomic mass is 19.1. The summed E-state index contributed by atoms with van der Waals surface area (Å²) in [5, 5.41) is 0. The van der Waals surface area contributed by atoms with Gasteiger partial charge >= 0.3 is 0 Å². The van der Waals surface area contributed by atoms with Gasteiger partial charge in [0, 0.05) is 18.3 Å². The fourth-order valence-electron chi connectivity index (χ4n) is 4.20. The number of carbonyl (C=O) groups is 1. The van der Waals surface area contributed by atoms with Crippen LogP contribution in [-0.4, -0.2) is 41.1 Å². The minimum atomic E-state index is -0.415. The van der Waals surface area contributed by atoms with Crippen molar-refractivity contribution in [2.75, 3.05) is 20.8 Å². The number of aryl methyl sites for hydroxylation is 1. The van der Waals surface area contributed by atoms with Gasteiger partial charge in [0.2, 0.25) is 5.91 Å². The predicted octanol–water partition coefficient (Wildman–Crippen LogP) is 5.10. The molecule has 0 saturated carbocycles. The molecule has 0 radical (unpaired) electrons. The number of likely N-dealkylation sites (tertiary alicyclic amines) is 1. The number of ether oxygens (including phenoxy) is 2. The minimum absolute atomic E-state index is 0.00896. The number of imidazole rings is 1. The Bertz CT molecular complexity index is 1200. The standard InChI is InChI=1S/C26H28FN3O3/c1-17-15-29(16-28-17)23-10-7-19(13-25(23)33-4)12-21-6-5-11-30(26(21)31)18(2)20-8-9-22(27)24(14-20)32-3/h7-10,12-16,18H,5-6,11H2,1-4H3/b21-12+/t18-/m0/s1. The fraction of sp³-hybridized carbons (Fsp3) is 0.308. The zero-order valence-corrected chi connectivity index (χ0v) is 19.3. The fourth-order valence-corrected chi connectivity index (χ4v) is 4.20. The molecule has 7 heteroatoms. The molecule has 172 valence electrons. The van der Waals surface area contributed by atoms with E-state index in [0.29, 0.717) is 18.7 Å². The van der Waals surface area contributed by atoms with Gasteiger partial charge in [-0.2, -0.15) is 0 Å². The zero-order valence-electron chi connectivity index (χ0n) is 19.3. The van der Waals surface area contributed by atoms with Crippen LogP contribution in [-0.2, 0) is 4.79 Å². The quantitative estimate of drug-likeness (QED) is 0.491. The third kappa shape index (κ3) is 4.62. The Labute approximate surface area is 193 Å². The number of methoxy groups -OCH3 is 2. The van der Waals surface area contributed by atoms with Crippen LogP contribution in [0.3, 0.4) is 0 Å². The summed E-state index contributed by atoms with van der Waals surface area (Å²) in [5.74, 6) is 0.459. The van der Waals surface area contributed by atoms with E-state index in [9.17, 15) is 9.18 Å². The molecule has 6 nitrogen and oxygen atoms in total. The first-order valence-corrected chi connectivity index (χ1v) is 10.9. The predicted molar refractivity (Wildman–Crippen MR) is 125 cm³/mol. The average molecular weight is 450 g/mol. The van der Waals surface area contributed by atoms with Crippen LogP contribution in [0.4, 0.5) is 4.39 Å². The maximum absolute atomic E-state index is 13.8. The summed E-state index contributed by atoms with van der Waals surface area (Å²) < 4.78 is 26.4. The first-order chi connectivity index (χ1) is 15.9. The van der Waals surface area contributed by atoms with Crippen molar-refractivity contribution >= 4 is 12.0 Å². The van der Waals surface area contributed by atoms with Crippen LogP contribution in [0.25, 0.3) is 11.8 Å². The Hall–Kier alpha value is -3.61. The second-order valence-corrected chi connectivity index (χ2v) is 8.20. The molecule has 1 fully saturated rings. The molecular formula is C26H28FN3O3. The summed E-state index contributed by atoms with van der Waals surface area (Å²) in [6.45, 7) is 4.54. The van der Waals surface area contributed by atoms with Gasteiger partial charge < -0.3 is 18.9 Å². The van der Waals surface area contributed by atoms with E-state index >= 15 is 0 Å². The monoisotopic (exact) mass is 449 g/mol. The number of hydrogen-bond acceptors (Lipinski definition) is 4. The molecule has 2 heterocycles. The zero-order chi connectivity index (χ0) is 23.5. The molecule has 0 bridgehead atoms. The third-order valence-electron chi connectivity index (χ3n) is 6.04. The average Bonchev–Trinajstić information content (AvgIpc) is 3.26. The van der Waals surface area contributed by atoms with E-state index < -0.39 is 5.82 Å². The van der Waals surface area contributed by atoms with Crippen molar-refractivity contribution in [2.45, 2.75) is 32.7 Å². The Morgan fingerprint density at radius 3 is 2.61 bits per heavy atom. The number of amides is 1. The number of rotatable bonds is 6. The van der Waals surface area contributed by atoms with Gasteiger partial charge in [-0.15, -0.1) is 0 Å². The molecule has 2 aromatic carbocycles. The smallest absolute Gasteiger partial charge is 0.250 e. The normalized spacial score (nSPS) is 16.2. The highest BCUT2D eigenvalue weighted by Gasteiger charge is 2.28. The minimum Gasteiger partial charge on any atom is -0.495 e. The van der Waals surface area contributed by atoms with E-state index in [0.717, 1.165) is 34.5 Å². The lowest BCUT2D eigenvalue weighted by Crippen LogP contribution is -2.38. The van der Waals surface area contributed by atoms with Crippen LogP contribution in [0.5, 0.6) is 11.5 Å². The number of piperidine rings is 1. The number of carbonyl (C=O) groups excluding carboxylic acids is 1. The molecule has 0 N–H and O–H groups in total. The summed E-state index contributed by atoms with van der Waals surface area (Å²) in [4.78, 5) is 19.4. The Morgan fingerprint density at radius 1 is 1.12 bits per heavy atom. The first-order valence-electron chi connectivity index (χ1n) is 10.9. The Morgan fingerprint density at radius 2 is 1.91 bits per heavy atom. The van der Waals surface area contributed by atoms with Crippen LogP contribution in [0, 0.1) is 12.7 Å². The molecule has 0 aliphatic carbocycles. The van der Waals surface area contributed by atoms with Gasteiger partial charge in [-0.25, -0.2) is 9.37 Å². The summed E-state index contributed by atoms with van der Waals surface area (Å²) in [6.07, 6.45) is 7.19. The van der Waals surface area contributed by atoms with Gasteiger partial charge in [-0.05, 0) is 68.2 Å². The van der Waals surface area contributed by atoms with E-state index in [4.69, 9.17) is 9.47 Å². The molecular weight excluding hydrogens is 421 g/mol. The van der Waals surface area contributed by atoms with Crippen molar-refractivity contribution in [3.63, 3.8) is 0 Å². The van der Waals surface area contributed by atoms with Crippen LogP contribution in [0.15, 0.2) is 54.5 Å². The molecule has 1 amide bonds. The molecule has 1 aromatic heterocycles. The maximum atomic E-state index is 13.8. The van der Waals surface area contributed by atoms with Gasteiger partial charge in [0.15, 0.2) is 11.6 Å². The number of nitrogens with zero attached hydrogens (tertiary/aromatic N) is 3. The molecule has 0 unspecified atom stereocenters. The van der Waals surface area contributed by atoms with E-state index in [1.54, 1.807) is 25.6 Å². The topological polar surface area (TPSA) is 56.6 Å². The Kier molecular flexibility index (Phi) is 6.49. The molecule has 33 heavy (non-hydrogen) atoms. The van der Waals surface area contributed by atoms with Crippen molar-refractivity contribution < 1.29 is 18.7 Å². The summed E-state index contributed by atoms with van der Waals surface area (Å²) in [5.41, 5.74) is 4.29. The SMILES string of the molecule is COc1cc([C@H](C)N2CCC/C(=C\c3ccc(-n4cnc(C)c4)c(OC)c3)C2=O)ccc1F. The lowest BCUT2D eigenvalue weighted by Gasteiger charge is -2.34. The first kappa shape index (κ1) is 22.6. The molecule has 1 atom stereocenters. The number of hydrogen-bond donors (Lipinski definition) is 0. The third-order valence-corrected chi connectivity index (χ3v) is 6.04. The summed E-state index contributed by atoms with van der Waals surface area (Å²) in [6, 6.07) is 10.4. The van der Waals surface area contributed by atoms with Gasteiger partial charge in [0.25, 0.3) is 0 Å². The van der Waals surface area contributed by atoms with Crippen molar-refractivity contribution in [3.8, 4) is 17.2 Å². The van der Waals surface area contributed by atoms with E-state index in [1.165, 1.54) is 13.2 Å². The molecule has 1 saturated heterocycles. The largest absolute Gasteiger partial charge is 0.495 e. The lowest BCUT2D eigenvalue weighted by molar-refractivity contribution is -0.130. The van der Waals surface area contributed by atoms with Gasteiger partial charge in [0.1, 0.15) is 5.75 Å². The van der Waals surface area contributed by atoms with Crippen LogP contribution in [0.2, 0.25) is 0 Å². The van der Waals surface area contributed by atoms with Crippen molar-refractivity contribution in [1.82, 2.24) is 14.5 Å². The van der Waals surface area contributed by atoms with E-state index in [1.807, 2.05) is 53.8 Å². The van der Waals surface area contributed by atoms with Crippen LogP contribution < -0.4 is 9.47 Å². The highest BCUT2D eigenvalue weighted by molar-refractivity contribution is 5.98. The maximum Gasteiger partial charge on any atom is 0.250 e. The van der Waals surface area contributed by atoms with Crippen molar-refractivity contribution in [2.24, 2.45) is 0 Å². The van der Waals surface area contributed by atoms with Gasteiger partial charge in [-0.3, -0.25) is 4.79 Å². The van der Waals surface area contributed by atoms with Gasteiger partial charge in [0.05, 0.1) is 38.0 Å². The molecule has 3 aromatic rings. The van der Waals surface area contributed by atoms with E-state index in [-0.39, 0.29) is 17.7 Å². The molecule has 4 rings (SSSR count). The van der Waals surface area contributed by atoms with Crippen molar-refractivity contribution in [3.05, 3.63) is 77.1 Å². The number of benzene rings is 2. The second-order valence-electron chi connectivity index (χ2n) is 8.20. The van der Waals surface area contributed by atoms with E-state index in [2.05, 4.69) is 4.98 Å². The Balaban J connectivity index is 1.59. The summed E-state index contributed by atoms with van der Waals surface area (Å²) in [7, 11) is 3.07. The lowest BCUT2D eigenvalue weighted by atomic mass is 9.97. The van der Waals surface area contributed by atoms with Crippen molar-refractivity contribution in [1.29, 1.82) is 0 Å². The number of aromatic nitrogens is 2. The summed E-state index contributed by atoms with van der Waals surface area (Å²) >= 11 is 0. The molecule has 1 aliphatic rings. The van der Waals surface area contributed by atoms with Gasteiger partial charge in [-0.1, -0.05) is 12.1 Å². The van der Waals surface area contributed by atoms with Crippen LogP contribution >= 0.6 is 0 Å². The number of halogens is 1. The molecule has 0 spiro atoms. The highest BCUT2D eigenvalue weighted by Crippen LogP contribution is 2.32. The van der Waals surface area contributed by atoms with Crippen LogP contribution in [0.1, 0.15) is 42.6 Å². The molecule has 1 aliphatic heterocycles.